The molecule has 1 aromatic heterocycles. The Morgan fingerprint density at radius 3 is 2.36 bits per heavy atom. The fraction of sp³-hybridized carbons (Fsp3) is 0.0625. The number of methoxy groups -OCH3 is 1. The van der Waals surface area contributed by atoms with Gasteiger partial charge in [0.25, 0.3) is 10.0 Å². The van der Waals surface area contributed by atoms with Crippen molar-refractivity contribution in [2.75, 3.05) is 11.8 Å². The van der Waals surface area contributed by atoms with Crippen molar-refractivity contribution >= 4 is 32.6 Å². The molecular weight excluding hydrogens is 354 g/mol. The molecule has 130 valence electrons. The molecule has 2 aromatic carbocycles. The van der Waals surface area contributed by atoms with Gasteiger partial charge in [-0.25, -0.2) is 22.0 Å². The van der Waals surface area contributed by atoms with E-state index in [0.717, 1.165) is 43.5 Å². The molecule has 0 aliphatic rings. The summed E-state index contributed by atoms with van der Waals surface area (Å²) >= 11 is 0. The van der Waals surface area contributed by atoms with Gasteiger partial charge in [0.1, 0.15) is 11.6 Å². The maximum atomic E-state index is 13.6. The molecule has 0 spiro atoms. The van der Waals surface area contributed by atoms with Crippen molar-refractivity contribution in [2.45, 2.75) is 4.90 Å². The number of aromatic nitrogens is 1. The summed E-state index contributed by atoms with van der Waals surface area (Å²) in [6.07, 6.45) is 0. The van der Waals surface area contributed by atoms with E-state index in [0.29, 0.717) is 5.52 Å². The van der Waals surface area contributed by atoms with Crippen LogP contribution in [-0.2, 0) is 14.8 Å². The number of aromatic amines is 1. The Kier molecular flexibility index (Phi) is 4.17. The highest BCUT2D eigenvalue weighted by Gasteiger charge is 2.24. The van der Waals surface area contributed by atoms with Crippen LogP contribution in [0.3, 0.4) is 0 Å². The third kappa shape index (κ3) is 3.18. The first-order valence-corrected chi connectivity index (χ1v) is 8.48. The topological polar surface area (TPSA) is 88.3 Å². The summed E-state index contributed by atoms with van der Waals surface area (Å²) in [6, 6.07) is 7.75. The van der Waals surface area contributed by atoms with Crippen molar-refractivity contribution in [3.63, 3.8) is 0 Å². The Balaban J connectivity index is 2.15. The number of hydrogen-bond donors (Lipinski definition) is 2. The van der Waals surface area contributed by atoms with E-state index in [1.165, 1.54) is 6.07 Å². The van der Waals surface area contributed by atoms with Gasteiger partial charge in [0.05, 0.1) is 17.7 Å². The average Bonchev–Trinajstić information content (AvgIpc) is 2.92. The summed E-state index contributed by atoms with van der Waals surface area (Å²) in [5.74, 6) is -2.03. The molecule has 0 fully saturated rings. The predicted molar refractivity (Wildman–Crippen MR) is 86.8 cm³/mol. The van der Waals surface area contributed by atoms with Crippen molar-refractivity contribution in [3.05, 3.63) is 59.8 Å². The van der Waals surface area contributed by atoms with E-state index >= 15 is 0 Å². The van der Waals surface area contributed by atoms with Crippen LogP contribution in [0.2, 0.25) is 0 Å². The van der Waals surface area contributed by atoms with Gasteiger partial charge in [0.15, 0.2) is 5.69 Å². The van der Waals surface area contributed by atoms with Crippen molar-refractivity contribution in [2.24, 2.45) is 0 Å². The summed E-state index contributed by atoms with van der Waals surface area (Å²) in [7, 11) is -3.00. The van der Waals surface area contributed by atoms with E-state index < -0.39 is 27.6 Å². The quantitative estimate of drug-likeness (QED) is 0.695. The zero-order valence-corrected chi connectivity index (χ0v) is 13.7. The van der Waals surface area contributed by atoms with E-state index in [1.807, 2.05) is 0 Å². The van der Waals surface area contributed by atoms with Crippen LogP contribution < -0.4 is 4.72 Å². The maximum absolute atomic E-state index is 13.6. The molecule has 0 saturated heterocycles. The van der Waals surface area contributed by atoms with E-state index in [9.17, 15) is 22.0 Å². The van der Waals surface area contributed by atoms with Crippen LogP contribution >= 0.6 is 0 Å². The second kappa shape index (κ2) is 6.17. The highest BCUT2D eigenvalue weighted by atomic mass is 32.2. The van der Waals surface area contributed by atoms with Crippen molar-refractivity contribution in [3.8, 4) is 0 Å². The van der Waals surface area contributed by atoms with Crippen molar-refractivity contribution in [1.82, 2.24) is 4.98 Å². The lowest BCUT2D eigenvalue weighted by Gasteiger charge is -2.09. The number of esters is 1. The lowest BCUT2D eigenvalue weighted by Crippen LogP contribution is -2.15. The fourth-order valence-corrected chi connectivity index (χ4v) is 3.43. The second-order valence-electron chi connectivity index (χ2n) is 5.12. The smallest absolute Gasteiger partial charge is 0.356 e. The van der Waals surface area contributed by atoms with Crippen LogP contribution in [0.1, 0.15) is 10.5 Å². The molecule has 0 bridgehead atoms. The van der Waals surface area contributed by atoms with Gasteiger partial charge in [-0.1, -0.05) is 0 Å². The minimum Gasteiger partial charge on any atom is -0.464 e. The first-order chi connectivity index (χ1) is 11.8. The standard InChI is InChI=1S/C16H12F2N2O4S/c1-24-16(21)15-14(12-8-10(18)4-7-13(12)19-15)20-25(22,23)11-5-2-9(17)3-6-11/h2-8,19-20H,1H3. The first kappa shape index (κ1) is 16.9. The molecule has 9 heteroatoms. The minimum atomic E-state index is -4.14. The molecule has 3 aromatic rings. The number of benzene rings is 2. The van der Waals surface area contributed by atoms with Crippen LogP contribution in [0, 0.1) is 11.6 Å². The minimum absolute atomic E-state index is 0.148. The Hall–Kier alpha value is -2.94. The summed E-state index contributed by atoms with van der Waals surface area (Å²) in [5.41, 5.74) is 0.0260. The van der Waals surface area contributed by atoms with Gasteiger partial charge in [0, 0.05) is 10.9 Å². The Morgan fingerprint density at radius 2 is 1.72 bits per heavy atom. The highest BCUT2D eigenvalue weighted by molar-refractivity contribution is 7.92. The van der Waals surface area contributed by atoms with Gasteiger partial charge >= 0.3 is 5.97 Å². The third-order valence-corrected chi connectivity index (χ3v) is 4.88. The van der Waals surface area contributed by atoms with Crippen LogP contribution in [0.15, 0.2) is 47.4 Å². The van der Waals surface area contributed by atoms with Crippen molar-refractivity contribution in [1.29, 1.82) is 0 Å². The molecule has 0 amide bonds. The molecule has 0 aliphatic carbocycles. The number of nitrogens with one attached hydrogen (secondary N) is 2. The molecule has 6 nitrogen and oxygen atoms in total. The molecule has 2 N–H and O–H groups in total. The number of sulfonamides is 1. The summed E-state index contributed by atoms with van der Waals surface area (Å²) in [4.78, 5) is 14.4. The molecule has 0 saturated carbocycles. The SMILES string of the molecule is COC(=O)c1[nH]c2ccc(F)cc2c1NS(=O)(=O)c1ccc(F)cc1. The molecule has 0 unspecified atom stereocenters. The van der Waals surface area contributed by atoms with Crippen LogP contribution in [0.25, 0.3) is 10.9 Å². The van der Waals surface area contributed by atoms with E-state index in [4.69, 9.17) is 0 Å². The largest absolute Gasteiger partial charge is 0.464 e. The lowest BCUT2D eigenvalue weighted by molar-refractivity contribution is 0.0596. The summed E-state index contributed by atoms with van der Waals surface area (Å²) in [5, 5.41) is 0.158. The van der Waals surface area contributed by atoms with Gasteiger partial charge < -0.3 is 9.72 Å². The first-order valence-electron chi connectivity index (χ1n) is 7.00. The Bertz CT molecular complexity index is 1060. The zero-order valence-electron chi connectivity index (χ0n) is 12.8. The summed E-state index contributed by atoms with van der Waals surface area (Å²) in [6.45, 7) is 0. The zero-order chi connectivity index (χ0) is 18.2. The van der Waals surface area contributed by atoms with Gasteiger partial charge in [-0.05, 0) is 42.5 Å². The molecule has 0 atom stereocenters. The molecule has 0 aliphatic heterocycles. The Labute approximate surface area is 141 Å². The number of fused-ring (bicyclic) bond motifs is 1. The monoisotopic (exact) mass is 366 g/mol. The second-order valence-corrected chi connectivity index (χ2v) is 6.80. The number of ether oxygens (including phenoxy) is 1. The third-order valence-electron chi connectivity index (χ3n) is 3.51. The molecule has 0 radical (unpaired) electrons. The van der Waals surface area contributed by atoms with Gasteiger partial charge in [-0.3, -0.25) is 4.72 Å². The number of carbonyl (C=O) groups is 1. The van der Waals surface area contributed by atoms with Crippen LogP contribution in [0.4, 0.5) is 14.5 Å². The van der Waals surface area contributed by atoms with Crippen molar-refractivity contribution < 1.29 is 26.7 Å². The average molecular weight is 366 g/mol. The van der Waals surface area contributed by atoms with Gasteiger partial charge in [-0.15, -0.1) is 0 Å². The number of halogens is 2. The molecular formula is C16H12F2N2O4S. The maximum Gasteiger partial charge on any atom is 0.356 e. The normalized spacial score (nSPS) is 11.5. The van der Waals surface area contributed by atoms with E-state index in [1.54, 1.807) is 0 Å². The Morgan fingerprint density at radius 1 is 1.08 bits per heavy atom. The fourth-order valence-electron chi connectivity index (χ4n) is 2.33. The highest BCUT2D eigenvalue weighted by Crippen LogP contribution is 2.31. The van der Waals surface area contributed by atoms with Crippen LogP contribution in [-0.4, -0.2) is 26.5 Å². The number of carbonyl (C=O) groups excluding carboxylic acids is 1. The lowest BCUT2D eigenvalue weighted by atomic mass is 10.2. The number of rotatable bonds is 4. The number of H-pyrrole nitrogens is 1. The van der Waals surface area contributed by atoms with Gasteiger partial charge in [-0.2, -0.15) is 0 Å². The summed E-state index contributed by atoms with van der Waals surface area (Å²) < 4.78 is 58.4. The predicted octanol–water partition coefficient (Wildman–Crippen LogP) is 3.03. The number of hydrogen-bond acceptors (Lipinski definition) is 4. The number of anilines is 1. The van der Waals surface area contributed by atoms with E-state index in [-0.39, 0.29) is 21.7 Å². The van der Waals surface area contributed by atoms with E-state index in [2.05, 4.69) is 14.4 Å². The molecule has 25 heavy (non-hydrogen) atoms. The van der Waals surface area contributed by atoms with Gasteiger partial charge in [0.2, 0.25) is 0 Å². The molecule has 3 rings (SSSR count). The molecule has 1 heterocycles. The van der Waals surface area contributed by atoms with Crippen LogP contribution in [0.5, 0.6) is 0 Å².